The summed E-state index contributed by atoms with van der Waals surface area (Å²) in [6.45, 7) is 1.73. The molecule has 7 nitrogen and oxygen atoms in total. The molecule has 0 amide bonds. The molecule has 23 heavy (non-hydrogen) atoms. The largest absolute Gasteiger partial charge is 0.385 e. The molecule has 2 aromatic rings. The van der Waals surface area contributed by atoms with Gasteiger partial charge in [-0.2, -0.15) is 10.2 Å². The topological polar surface area (TPSA) is 99.7 Å². The zero-order valence-corrected chi connectivity index (χ0v) is 13.5. The SMILES string of the molecule is CNc1ncc2nc([C@@H](C)O)n(C3CCC(CC#N)CC3)c2n1. The van der Waals surface area contributed by atoms with E-state index in [0.29, 0.717) is 29.6 Å². The van der Waals surface area contributed by atoms with E-state index < -0.39 is 6.10 Å². The summed E-state index contributed by atoms with van der Waals surface area (Å²) in [6, 6.07) is 2.54. The maximum Gasteiger partial charge on any atom is 0.224 e. The summed E-state index contributed by atoms with van der Waals surface area (Å²) in [5.74, 6) is 1.68. The van der Waals surface area contributed by atoms with Gasteiger partial charge in [0.05, 0.1) is 12.3 Å². The normalized spacial score (nSPS) is 22.7. The van der Waals surface area contributed by atoms with Crippen molar-refractivity contribution in [3.05, 3.63) is 12.0 Å². The van der Waals surface area contributed by atoms with E-state index in [0.717, 1.165) is 31.3 Å². The Balaban J connectivity index is 1.98. The number of fused-ring (bicyclic) bond motifs is 1. The number of aliphatic hydroxyl groups is 1. The molecule has 0 saturated heterocycles. The molecule has 1 fully saturated rings. The van der Waals surface area contributed by atoms with E-state index in [1.165, 1.54) is 0 Å². The number of anilines is 1. The van der Waals surface area contributed by atoms with Crippen LogP contribution in [0.3, 0.4) is 0 Å². The monoisotopic (exact) mass is 314 g/mol. The molecule has 7 heteroatoms. The van der Waals surface area contributed by atoms with E-state index in [1.54, 1.807) is 20.2 Å². The lowest BCUT2D eigenvalue weighted by Crippen LogP contribution is -2.21. The maximum atomic E-state index is 10.1. The number of aromatic nitrogens is 4. The van der Waals surface area contributed by atoms with Crippen molar-refractivity contribution < 1.29 is 5.11 Å². The van der Waals surface area contributed by atoms with Crippen LogP contribution in [0.25, 0.3) is 11.2 Å². The molecule has 0 bridgehead atoms. The van der Waals surface area contributed by atoms with E-state index in [2.05, 4.69) is 30.9 Å². The van der Waals surface area contributed by atoms with Crippen LogP contribution in [0.5, 0.6) is 0 Å². The average molecular weight is 314 g/mol. The predicted molar refractivity (Wildman–Crippen MR) is 86.7 cm³/mol. The third-order valence-electron chi connectivity index (χ3n) is 4.62. The maximum absolute atomic E-state index is 10.1. The molecule has 0 aromatic carbocycles. The summed E-state index contributed by atoms with van der Waals surface area (Å²) in [6.07, 6.45) is 5.69. The quantitative estimate of drug-likeness (QED) is 0.899. The molecule has 2 aromatic heterocycles. The van der Waals surface area contributed by atoms with Crippen molar-refractivity contribution in [2.45, 2.75) is 51.2 Å². The minimum atomic E-state index is -0.654. The molecular weight excluding hydrogens is 292 g/mol. The van der Waals surface area contributed by atoms with E-state index in [-0.39, 0.29) is 6.04 Å². The van der Waals surface area contributed by atoms with Gasteiger partial charge in [0.25, 0.3) is 0 Å². The van der Waals surface area contributed by atoms with Crippen molar-refractivity contribution >= 4 is 17.1 Å². The van der Waals surface area contributed by atoms with Gasteiger partial charge in [-0.25, -0.2) is 9.97 Å². The summed E-state index contributed by atoms with van der Waals surface area (Å²) in [7, 11) is 1.78. The van der Waals surface area contributed by atoms with Crippen molar-refractivity contribution in [2.75, 3.05) is 12.4 Å². The molecule has 0 radical (unpaired) electrons. The van der Waals surface area contributed by atoms with Gasteiger partial charge >= 0.3 is 0 Å². The molecule has 2 heterocycles. The zero-order chi connectivity index (χ0) is 16.4. The highest BCUT2D eigenvalue weighted by Gasteiger charge is 2.27. The first-order valence-corrected chi connectivity index (χ1v) is 8.11. The third kappa shape index (κ3) is 2.99. The first-order valence-electron chi connectivity index (χ1n) is 8.11. The predicted octanol–water partition coefficient (Wildman–Crippen LogP) is 2.57. The highest BCUT2D eigenvalue weighted by Crippen LogP contribution is 2.37. The van der Waals surface area contributed by atoms with Crippen LogP contribution < -0.4 is 5.32 Å². The Hall–Kier alpha value is -2.20. The Kier molecular flexibility index (Phi) is 4.44. The third-order valence-corrected chi connectivity index (χ3v) is 4.62. The van der Waals surface area contributed by atoms with Crippen LogP contribution in [0.1, 0.15) is 57.0 Å². The number of rotatable bonds is 4. The van der Waals surface area contributed by atoms with Gasteiger partial charge in [0.2, 0.25) is 5.95 Å². The minimum absolute atomic E-state index is 0.263. The van der Waals surface area contributed by atoms with Gasteiger partial charge in [-0.1, -0.05) is 0 Å². The second kappa shape index (κ2) is 6.50. The first kappa shape index (κ1) is 15.7. The van der Waals surface area contributed by atoms with Gasteiger partial charge in [-0.05, 0) is 38.5 Å². The van der Waals surface area contributed by atoms with Crippen LogP contribution in [-0.4, -0.2) is 31.7 Å². The highest BCUT2D eigenvalue weighted by atomic mass is 16.3. The second-order valence-electron chi connectivity index (χ2n) is 6.21. The summed E-state index contributed by atoms with van der Waals surface area (Å²) in [4.78, 5) is 13.3. The van der Waals surface area contributed by atoms with Crippen LogP contribution in [0.15, 0.2) is 6.20 Å². The number of nitrogens with one attached hydrogen (secondary N) is 1. The summed E-state index contributed by atoms with van der Waals surface area (Å²) < 4.78 is 2.07. The van der Waals surface area contributed by atoms with Crippen LogP contribution in [0, 0.1) is 17.2 Å². The van der Waals surface area contributed by atoms with Crippen LogP contribution in [-0.2, 0) is 0 Å². The molecule has 0 spiro atoms. The fourth-order valence-electron chi connectivity index (χ4n) is 3.42. The Morgan fingerprint density at radius 1 is 1.39 bits per heavy atom. The lowest BCUT2D eigenvalue weighted by molar-refractivity contribution is 0.175. The fourth-order valence-corrected chi connectivity index (χ4v) is 3.42. The fraction of sp³-hybridized carbons (Fsp3) is 0.625. The standard InChI is InChI=1S/C16H22N6O/c1-10(23)14-20-13-9-19-16(18-2)21-15(13)22(14)12-5-3-11(4-6-12)7-8-17/h9-12,23H,3-7H2,1-2H3,(H,18,19,21)/t10-,11?,12?/m1/s1. The lowest BCUT2D eigenvalue weighted by atomic mass is 9.84. The van der Waals surface area contributed by atoms with E-state index in [1.807, 2.05) is 0 Å². The molecule has 1 atom stereocenters. The van der Waals surface area contributed by atoms with E-state index in [9.17, 15) is 5.11 Å². The number of hydrogen-bond acceptors (Lipinski definition) is 6. The van der Waals surface area contributed by atoms with E-state index >= 15 is 0 Å². The van der Waals surface area contributed by atoms with Crippen molar-refractivity contribution in [3.8, 4) is 6.07 Å². The molecule has 122 valence electrons. The minimum Gasteiger partial charge on any atom is -0.385 e. The van der Waals surface area contributed by atoms with Crippen LogP contribution >= 0.6 is 0 Å². The Morgan fingerprint density at radius 2 is 2.13 bits per heavy atom. The number of hydrogen-bond donors (Lipinski definition) is 2. The van der Waals surface area contributed by atoms with Crippen molar-refractivity contribution in [1.82, 2.24) is 19.5 Å². The van der Waals surface area contributed by atoms with Crippen molar-refractivity contribution in [3.63, 3.8) is 0 Å². The van der Waals surface area contributed by atoms with Crippen molar-refractivity contribution in [1.29, 1.82) is 5.26 Å². The molecule has 1 saturated carbocycles. The summed E-state index contributed by atoms with van der Waals surface area (Å²) in [5, 5.41) is 21.9. The molecule has 3 rings (SSSR count). The number of nitrogens with zero attached hydrogens (tertiary/aromatic N) is 5. The highest BCUT2D eigenvalue weighted by molar-refractivity contribution is 5.72. The molecule has 0 aliphatic heterocycles. The Labute approximate surface area is 135 Å². The first-order chi connectivity index (χ1) is 11.1. The van der Waals surface area contributed by atoms with E-state index in [4.69, 9.17) is 5.26 Å². The Bertz CT molecular complexity index is 724. The average Bonchev–Trinajstić information content (AvgIpc) is 2.94. The molecular formula is C16H22N6O. The van der Waals surface area contributed by atoms with Gasteiger partial charge in [0.1, 0.15) is 17.4 Å². The summed E-state index contributed by atoms with van der Waals surface area (Å²) >= 11 is 0. The van der Waals surface area contributed by atoms with Gasteiger partial charge < -0.3 is 15.0 Å². The second-order valence-corrected chi connectivity index (χ2v) is 6.21. The number of nitriles is 1. The van der Waals surface area contributed by atoms with Crippen LogP contribution in [0.4, 0.5) is 5.95 Å². The molecule has 0 unspecified atom stereocenters. The number of imidazole rings is 1. The smallest absolute Gasteiger partial charge is 0.224 e. The van der Waals surface area contributed by atoms with Gasteiger partial charge in [-0.15, -0.1) is 0 Å². The van der Waals surface area contributed by atoms with Crippen LogP contribution in [0.2, 0.25) is 0 Å². The van der Waals surface area contributed by atoms with Gasteiger partial charge in [0.15, 0.2) is 5.65 Å². The molecule has 2 N–H and O–H groups in total. The molecule has 1 aliphatic rings. The van der Waals surface area contributed by atoms with Crippen molar-refractivity contribution in [2.24, 2.45) is 5.92 Å². The number of aliphatic hydroxyl groups excluding tert-OH is 1. The van der Waals surface area contributed by atoms with Gasteiger partial charge in [0, 0.05) is 19.5 Å². The lowest BCUT2D eigenvalue weighted by Gasteiger charge is -2.29. The summed E-state index contributed by atoms with van der Waals surface area (Å²) in [5.41, 5.74) is 1.48. The Morgan fingerprint density at radius 3 is 2.74 bits per heavy atom. The molecule has 1 aliphatic carbocycles. The zero-order valence-electron chi connectivity index (χ0n) is 13.5. The van der Waals surface area contributed by atoms with Gasteiger partial charge in [-0.3, -0.25) is 0 Å².